The van der Waals surface area contributed by atoms with Crippen molar-refractivity contribution in [1.82, 2.24) is 0 Å². The van der Waals surface area contributed by atoms with Gasteiger partial charge >= 0.3 is 11.7 Å². The molecule has 0 N–H and O–H groups in total. The normalized spacial score (nSPS) is 10.9. The van der Waals surface area contributed by atoms with Gasteiger partial charge < -0.3 is 10.3 Å². The lowest BCUT2D eigenvalue weighted by Gasteiger charge is -2.26. The van der Waals surface area contributed by atoms with Gasteiger partial charge in [-0.1, -0.05) is 56.0 Å². The number of benzene rings is 2. The first-order valence-corrected chi connectivity index (χ1v) is 11.3. The number of nitrogens with zero attached hydrogens (tertiary/aromatic N) is 3. The van der Waals surface area contributed by atoms with Crippen molar-refractivity contribution >= 4 is 27.4 Å². The van der Waals surface area contributed by atoms with E-state index in [2.05, 4.69) is 11.7 Å². The van der Waals surface area contributed by atoms with Crippen LogP contribution < -0.4 is 4.31 Å². The van der Waals surface area contributed by atoms with E-state index in [0.29, 0.717) is 6.42 Å². The molecule has 8 heteroatoms. The number of anilines is 1. The SMILES string of the molecule is CCCCCCN(c1ccccc1C(=[N+]=[N-])C(=O)OC)S(=O)(=O)c1ccc(C)cc1. The van der Waals surface area contributed by atoms with Crippen molar-refractivity contribution in [1.29, 1.82) is 0 Å². The van der Waals surface area contributed by atoms with Crippen LogP contribution in [0.5, 0.6) is 0 Å². The summed E-state index contributed by atoms with van der Waals surface area (Å²) < 4.78 is 33.0. The van der Waals surface area contributed by atoms with Gasteiger partial charge in [-0.2, -0.15) is 4.79 Å². The van der Waals surface area contributed by atoms with Crippen LogP contribution in [0.3, 0.4) is 0 Å². The lowest BCUT2D eigenvalue weighted by Crippen LogP contribution is -2.34. The zero-order valence-corrected chi connectivity index (χ0v) is 18.4. The monoisotopic (exact) mass is 429 g/mol. The van der Waals surface area contributed by atoms with Crippen LogP contribution >= 0.6 is 0 Å². The van der Waals surface area contributed by atoms with E-state index in [4.69, 9.17) is 4.74 Å². The minimum Gasteiger partial charge on any atom is -0.460 e. The molecule has 0 aromatic heterocycles. The first-order chi connectivity index (χ1) is 14.4. The molecule has 0 bridgehead atoms. The van der Waals surface area contributed by atoms with Crippen LogP contribution in [0.4, 0.5) is 5.69 Å². The number of sulfonamides is 1. The van der Waals surface area contributed by atoms with Crippen LogP contribution in [-0.4, -0.2) is 38.5 Å². The second-order valence-electron chi connectivity index (χ2n) is 6.91. The van der Waals surface area contributed by atoms with Crippen molar-refractivity contribution in [2.75, 3.05) is 18.0 Å². The molecule has 0 saturated carbocycles. The molecule has 0 atom stereocenters. The van der Waals surface area contributed by atoms with E-state index >= 15 is 0 Å². The van der Waals surface area contributed by atoms with E-state index in [1.54, 1.807) is 42.5 Å². The second-order valence-corrected chi connectivity index (χ2v) is 8.77. The van der Waals surface area contributed by atoms with E-state index in [-0.39, 0.29) is 28.4 Å². The van der Waals surface area contributed by atoms with E-state index in [1.807, 2.05) is 6.92 Å². The summed E-state index contributed by atoms with van der Waals surface area (Å²) in [5.74, 6) is -0.858. The third kappa shape index (κ3) is 5.34. The Hall–Kier alpha value is -2.96. The number of ether oxygens (including phenoxy) is 1. The molecule has 0 unspecified atom stereocenters. The summed E-state index contributed by atoms with van der Waals surface area (Å²) in [4.78, 5) is 15.3. The third-order valence-corrected chi connectivity index (χ3v) is 6.56. The predicted octanol–water partition coefficient (Wildman–Crippen LogP) is 3.96. The maximum Gasteiger partial charge on any atom is 0.422 e. The van der Waals surface area contributed by atoms with Gasteiger partial charge in [-0.15, -0.1) is 0 Å². The standard InChI is InChI=1S/C22H27N3O4S/c1-4-5-6-9-16-25(30(27,28)18-14-12-17(2)13-15-18)20-11-8-7-10-19(20)21(24-23)22(26)29-3/h7-8,10-15H,4-6,9,16H2,1-3H3. The van der Waals surface area contributed by atoms with Gasteiger partial charge in [0.25, 0.3) is 10.0 Å². The number of rotatable bonds is 10. The molecular formula is C22H27N3O4S. The average molecular weight is 430 g/mol. The average Bonchev–Trinajstić information content (AvgIpc) is 2.75. The van der Waals surface area contributed by atoms with Gasteiger partial charge in [0.15, 0.2) is 0 Å². The molecule has 7 nitrogen and oxygen atoms in total. The molecule has 0 aliphatic heterocycles. The van der Waals surface area contributed by atoms with Crippen LogP contribution in [0, 0.1) is 6.92 Å². The van der Waals surface area contributed by atoms with Crippen molar-refractivity contribution in [2.24, 2.45) is 0 Å². The number of aryl methyl sites for hydroxylation is 1. The van der Waals surface area contributed by atoms with Gasteiger partial charge in [0, 0.05) is 6.54 Å². The summed E-state index contributed by atoms with van der Waals surface area (Å²) in [7, 11) is -2.74. The Morgan fingerprint density at radius 1 is 1.07 bits per heavy atom. The van der Waals surface area contributed by atoms with Gasteiger partial charge in [-0.3, -0.25) is 4.31 Å². The summed E-state index contributed by atoms with van der Waals surface area (Å²) in [5, 5.41) is 0. The number of carbonyl (C=O) groups is 1. The highest BCUT2D eigenvalue weighted by Gasteiger charge is 2.33. The Labute approximate surface area is 178 Å². The maximum atomic E-state index is 13.5. The fourth-order valence-corrected chi connectivity index (χ4v) is 4.60. The molecule has 2 aromatic rings. The van der Waals surface area contributed by atoms with Crippen molar-refractivity contribution in [3.05, 3.63) is 65.2 Å². The lowest BCUT2D eigenvalue weighted by atomic mass is 10.1. The molecule has 0 saturated heterocycles. The highest BCUT2D eigenvalue weighted by molar-refractivity contribution is 7.92. The van der Waals surface area contributed by atoms with Crippen molar-refractivity contribution in [3.63, 3.8) is 0 Å². The van der Waals surface area contributed by atoms with Gasteiger partial charge in [0.05, 0.1) is 23.3 Å². The number of para-hydroxylation sites is 1. The Bertz CT molecular complexity index is 1030. The molecule has 2 aromatic carbocycles. The number of hydrogen-bond donors (Lipinski definition) is 0. The van der Waals surface area contributed by atoms with E-state index in [0.717, 1.165) is 24.8 Å². The van der Waals surface area contributed by atoms with Crippen molar-refractivity contribution in [2.45, 2.75) is 44.4 Å². The van der Waals surface area contributed by atoms with Gasteiger partial charge in [-0.05, 0) is 37.6 Å². The smallest absolute Gasteiger partial charge is 0.422 e. The van der Waals surface area contributed by atoms with Gasteiger partial charge in [-0.25, -0.2) is 13.2 Å². The topological polar surface area (TPSA) is 100 Å². The summed E-state index contributed by atoms with van der Waals surface area (Å²) in [6, 6.07) is 13.0. The lowest BCUT2D eigenvalue weighted by molar-refractivity contribution is -0.137. The van der Waals surface area contributed by atoms with E-state index in [1.165, 1.54) is 17.5 Å². The van der Waals surface area contributed by atoms with Gasteiger partial charge in [0.2, 0.25) is 0 Å². The summed E-state index contributed by atoms with van der Waals surface area (Å²) in [6.45, 7) is 4.19. The zero-order valence-electron chi connectivity index (χ0n) is 17.5. The fourth-order valence-electron chi connectivity index (χ4n) is 3.08. The molecule has 0 spiro atoms. The van der Waals surface area contributed by atoms with Gasteiger partial charge in [0.1, 0.15) is 0 Å². The number of esters is 1. The van der Waals surface area contributed by atoms with Crippen LogP contribution in [0.15, 0.2) is 53.4 Å². The molecule has 0 aliphatic carbocycles. The van der Waals surface area contributed by atoms with Crippen LogP contribution in [-0.2, 0) is 19.6 Å². The molecule has 0 aliphatic rings. The Balaban J connectivity index is 2.60. The summed E-state index contributed by atoms with van der Waals surface area (Å²) >= 11 is 0. The fraction of sp³-hybridized carbons (Fsp3) is 0.364. The highest BCUT2D eigenvalue weighted by atomic mass is 32.2. The van der Waals surface area contributed by atoms with Crippen molar-refractivity contribution in [3.8, 4) is 0 Å². The highest BCUT2D eigenvalue weighted by Crippen LogP contribution is 2.28. The predicted molar refractivity (Wildman–Crippen MR) is 116 cm³/mol. The quantitative estimate of drug-likeness (QED) is 0.188. The summed E-state index contributed by atoms with van der Waals surface area (Å²) in [6.07, 6.45) is 3.53. The number of hydrogen-bond acceptors (Lipinski definition) is 4. The molecule has 0 fully saturated rings. The first kappa shape index (κ1) is 23.3. The molecule has 0 heterocycles. The second kappa shape index (κ2) is 10.7. The van der Waals surface area contributed by atoms with E-state index < -0.39 is 16.0 Å². The number of carbonyl (C=O) groups excluding carboxylic acids is 1. The minimum atomic E-state index is -3.91. The zero-order chi connectivity index (χ0) is 22.1. The van der Waals surface area contributed by atoms with E-state index in [9.17, 15) is 18.7 Å². The molecular weight excluding hydrogens is 402 g/mol. The largest absolute Gasteiger partial charge is 0.460 e. The number of unbranched alkanes of at least 4 members (excludes halogenated alkanes) is 3. The van der Waals surface area contributed by atoms with Crippen molar-refractivity contribution < 1.29 is 22.7 Å². The Morgan fingerprint density at radius 2 is 1.73 bits per heavy atom. The molecule has 0 radical (unpaired) electrons. The molecule has 30 heavy (non-hydrogen) atoms. The number of methoxy groups -OCH3 is 1. The third-order valence-electron chi connectivity index (χ3n) is 4.73. The van der Waals surface area contributed by atoms with Crippen LogP contribution in [0.2, 0.25) is 0 Å². The first-order valence-electron chi connectivity index (χ1n) is 9.86. The molecule has 0 amide bonds. The maximum absolute atomic E-state index is 13.5. The minimum absolute atomic E-state index is 0.152. The molecule has 160 valence electrons. The Kier molecular flexibility index (Phi) is 8.33. The van der Waals surface area contributed by atoms with Crippen LogP contribution in [0.25, 0.3) is 5.53 Å². The Morgan fingerprint density at radius 3 is 2.33 bits per heavy atom. The molecule has 2 rings (SSSR count). The van der Waals surface area contributed by atoms with Crippen LogP contribution in [0.1, 0.15) is 43.7 Å². The summed E-state index contributed by atoms with van der Waals surface area (Å²) in [5.41, 5.74) is 10.4.